The molecular weight excluding hydrogens is 335 g/mol. The van der Waals surface area contributed by atoms with Gasteiger partial charge in [0.1, 0.15) is 5.15 Å². The molecule has 0 saturated heterocycles. The summed E-state index contributed by atoms with van der Waals surface area (Å²) in [5.74, 6) is 0.608. The summed E-state index contributed by atoms with van der Waals surface area (Å²) < 4.78 is 0.849. The number of aromatic nitrogens is 2. The van der Waals surface area contributed by atoms with Crippen LogP contribution in [-0.2, 0) is 6.42 Å². The minimum absolute atomic E-state index is 0.496. The van der Waals surface area contributed by atoms with Crippen LogP contribution in [0.4, 0.5) is 0 Å². The molecule has 0 aliphatic rings. The van der Waals surface area contributed by atoms with Gasteiger partial charge in [-0.05, 0) is 47.5 Å². The molecule has 0 radical (unpaired) electrons. The second-order valence-corrected chi connectivity index (χ2v) is 5.51. The van der Waals surface area contributed by atoms with E-state index in [1.54, 1.807) is 0 Å². The summed E-state index contributed by atoms with van der Waals surface area (Å²) in [5, 5.41) is 1.13. The lowest BCUT2D eigenvalue weighted by atomic mass is 10.1. The number of rotatable bonds is 2. The van der Waals surface area contributed by atoms with E-state index in [0.717, 1.165) is 27.7 Å². The van der Waals surface area contributed by atoms with Crippen LogP contribution in [0.5, 0.6) is 0 Å². The van der Waals surface area contributed by atoms with Crippen LogP contribution in [0.2, 0.25) is 10.2 Å². The second kappa shape index (κ2) is 5.55. The Hall–Kier alpha value is -0.640. The Morgan fingerprint density at radius 1 is 1.22 bits per heavy atom. The van der Waals surface area contributed by atoms with Crippen LogP contribution >= 0.6 is 39.1 Å². The van der Waals surface area contributed by atoms with E-state index in [1.807, 2.05) is 32.0 Å². The minimum Gasteiger partial charge on any atom is -0.233 e. The molecule has 0 aliphatic carbocycles. The lowest BCUT2D eigenvalue weighted by Gasteiger charge is -2.08. The van der Waals surface area contributed by atoms with Crippen LogP contribution in [0.25, 0.3) is 11.4 Å². The summed E-state index contributed by atoms with van der Waals surface area (Å²) in [6, 6.07) is 5.61. The summed E-state index contributed by atoms with van der Waals surface area (Å²) in [6.07, 6.45) is 0.825. The Morgan fingerprint density at radius 3 is 2.56 bits per heavy atom. The molecule has 0 bridgehead atoms. The van der Waals surface area contributed by atoms with Crippen LogP contribution in [0.3, 0.4) is 0 Å². The Labute approximate surface area is 124 Å². The first-order chi connectivity index (χ1) is 8.52. The summed E-state index contributed by atoms with van der Waals surface area (Å²) >= 11 is 15.6. The maximum Gasteiger partial charge on any atom is 0.161 e. The molecule has 1 aromatic heterocycles. The van der Waals surface area contributed by atoms with E-state index in [1.165, 1.54) is 0 Å². The van der Waals surface area contributed by atoms with E-state index in [2.05, 4.69) is 25.9 Å². The predicted molar refractivity (Wildman–Crippen MR) is 79.3 cm³/mol. The average molecular weight is 346 g/mol. The largest absolute Gasteiger partial charge is 0.233 e. The normalized spacial score (nSPS) is 10.7. The maximum atomic E-state index is 6.13. The molecule has 94 valence electrons. The molecule has 0 saturated carbocycles. The third-order valence-corrected chi connectivity index (χ3v) is 4.30. The second-order valence-electron chi connectivity index (χ2n) is 3.89. The zero-order chi connectivity index (χ0) is 13.3. The number of benzene rings is 1. The van der Waals surface area contributed by atoms with Crippen LogP contribution in [0, 0.1) is 6.92 Å². The topological polar surface area (TPSA) is 25.8 Å². The van der Waals surface area contributed by atoms with Gasteiger partial charge in [0.15, 0.2) is 5.82 Å². The zero-order valence-corrected chi connectivity index (χ0v) is 13.1. The smallest absolute Gasteiger partial charge is 0.161 e. The van der Waals surface area contributed by atoms with Crippen molar-refractivity contribution in [2.24, 2.45) is 0 Å². The first kappa shape index (κ1) is 13.8. The molecule has 0 atom stereocenters. The molecule has 0 aliphatic heterocycles. The molecule has 2 aromatic rings. The highest BCUT2D eigenvalue weighted by Gasteiger charge is 2.10. The van der Waals surface area contributed by atoms with Gasteiger partial charge in [0, 0.05) is 21.3 Å². The van der Waals surface area contributed by atoms with Gasteiger partial charge in [-0.25, -0.2) is 9.97 Å². The van der Waals surface area contributed by atoms with Crippen molar-refractivity contribution in [1.82, 2.24) is 9.97 Å². The van der Waals surface area contributed by atoms with Gasteiger partial charge in [-0.3, -0.25) is 0 Å². The van der Waals surface area contributed by atoms with E-state index in [0.29, 0.717) is 16.0 Å². The van der Waals surface area contributed by atoms with E-state index in [9.17, 15) is 0 Å². The van der Waals surface area contributed by atoms with Crippen molar-refractivity contribution in [3.8, 4) is 11.4 Å². The van der Waals surface area contributed by atoms with Gasteiger partial charge in [0.05, 0.1) is 5.02 Å². The molecule has 18 heavy (non-hydrogen) atoms. The fourth-order valence-electron chi connectivity index (χ4n) is 1.64. The number of hydrogen-bond donors (Lipinski definition) is 0. The van der Waals surface area contributed by atoms with Gasteiger partial charge in [-0.1, -0.05) is 30.1 Å². The molecule has 0 spiro atoms. The highest BCUT2D eigenvalue weighted by atomic mass is 79.9. The lowest BCUT2D eigenvalue weighted by Crippen LogP contribution is -1.99. The molecule has 0 unspecified atom stereocenters. The van der Waals surface area contributed by atoms with E-state index in [4.69, 9.17) is 23.2 Å². The first-order valence-electron chi connectivity index (χ1n) is 5.51. The Kier molecular flexibility index (Phi) is 4.25. The number of nitrogens with zero attached hydrogens (tertiary/aromatic N) is 2. The highest BCUT2D eigenvalue weighted by molar-refractivity contribution is 9.10. The molecule has 1 heterocycles. The van der Waals surface area contributed by atoms with E-state index in [-0.39, 0.29) is 0 Å². The standard InChI is InChI=1S/C13H11BrCl2N2/c1-3-11-7(2)12(16)18-13(17-11)8-4-5-9(14)10(15)6-8/h4-6H,3H2,1-2H3. The van der Waals surface area contributed by atoms with Gasteiger partial charge in [0.2, 0.25) is 0 Å². The van der Waals surface area contributed by atoms with Crippen molar-refractivity contribution in [2.45, 2.75) is 20.3 Å². The molecular formula is C13H11BrCl2N2. The van der Waals surface area contributed by atoms with Gasteiger partial charge in [0.25, 0.3) is 0 Å². The molecule has 0 amide bonds. The molecule has 0 N–H and O–H groups in total. The third-order valence-electron chi connectivity index (χ3n) is 2.70. The van der Waals surface area contributed by atoms with Crippen molar-refractivity contribution in [1.29, 1.82) is 0 Å². The summed E-state index contributed by atoms with van der Waals surface area (Å²) in [4.78, 5) is 8.83. The van der Waals surface area contributed by atoms with E-state index < -0.39 is 0 Å². The molecule has 2 rings (SSSR count). The average Bonchev–Trinajstić information content (AvgIpc) is 2.36. The summed E-state index contributed by atoms with van der Waals surface area (Å²) in [7, 11) is 0. The minimum atomic E-state index is 0.496. The third kappa shape index (κ3) is 2.68. The van der Waals surface area contributed by atoms with Crippen LogP contribution in [-0.4, -0.2) is 9.97 Å². The summed E-state index contributed by atoms with van der Waals surface area (Å²) in [5.41, 5.74) is 2.76. The van der Waals surface area contributed by atoms with Crippen LogP contribution in [0.15, 0.2) is 22.7 Å². The Balaban J connectivity index is 2.57. The number of hydrogen-bond acceptors (Lipinski definition) is 2. The SMILES string of the molecule is CCc1nc(-c2ccc(Br)c(Cl)c2)nc(Cl)c1C. The fraction of sp³-hybridized carbons (Fsp3) is 0.231. The Morgan fingerprint density at radius 2 is 1.94 bits per heavy atom. The van der Waals surface area contributed by atoms with Crippen molar-refractivity contribution in [3.05, 3.63) is 44.1 Å². The Bertz CT molecular complexity index is 600. The highest BCUT2D eigenvalue weighted by Crippen LogP contribution is 2.28. The van der Waals surface area contributed by atoms with Crippen LogP contribution in [0.1, 0.15) is 18.2 Å². The van der Waals surface area contributed by atoms with Gasteiger partial charge >= 0.3 is 0 Å². The quantitative estimate of drug-likeness (QED) is 0.709. The number of aryl methyl sites for hydroxylation is 1. The maximum absolute atomic E-state index is 6.13. The van der Waals surface area contributed by atoms with Crippen LogP contribution < -0.4 is 0 Å². The molecule has 5 heteroatoms. The van der Waals surface area contributed by atoms with E-state index >= 15 is 0 Å². The molecule has 1 aromatic carbocycles. The van der Waals surface area contributed by atoms with Gasteiger partial charge < -0.3 is 0 Å². The lowest BCUT2D eigenvalue weighted by molar-refractivity contribution is 0.977. The monoisotopic (exact) mass is 344 g/mol. The van der Waals surface area contributed by atoms with Crippen molar-refractivity contribution >= 4 is 39.1 Å². The van der Waals surface area contributed by atoms with Crippen molar-refractivity contribution in [3.63, 3.8) is 0 Å². The predicted octanol–water partition coefficient (Wildman–Crippen LogP) is 5.08. The summed E-state index contributed by atoms with van der Waals surface area (Å²) in [6.45, 7) is 3.98. The van der Waals surface area contributed by atoms with Gasteiger partial charge in [-0.15, -0.1) is 0 Å². The van der Waals surface area contributed by atoms with Crippen molar-refractivity contribution in [2.75, 3.05) is 0 Å². The number of halogens is 3. The zero-order valence-electron chi connectivity index (χ0n) is 9.97. The van der Waals surface area contributed by atoms with Crippen molar-refractivity contribution < 1.29 is 0 Å². The molecule has 0 fully saturated rings. The first-order valence-corrected chi connectivity index (χ1v) is 7.06. The molecule has 2 nitrogen and oxygen atoms in total. The fourth-order valence-corrected chi connectivity index (χ4v) is 2.26. The van der Waals surface area contributed by atoms with Gasteiger partial charge in [-0.2, -0.15) is 0 Å².